The van der Waals surface area contributed by atoms with Crippen LogP contribution in [0.1, 0.15) is 20.0 Å². The zero-order valence-corrected chi connectivity index (χ0v) is 19.3. The van der Waals surface area contributed by atoms with E-state index in [1.165, 1.54) is 11.3 Å². The molecule has 2 heterocycles. The molecule has 2 aromatic carbocycles. The van der Waals surface area contributed by atoms with Crippen LogP contribution in [-0.4, -0.2) is 68.1 Å². The van der Waals surface area contributed by atoms with E-state index in [0.717, 1.165) is 31.1 Å². The highest BCUT2D eigenvalue weighted by atomic mass is 32.1. The topological polar surface area (TPSA) is 71.1 Å². The summed E-state index contributed by atoms with van der Waals surface area (Å²) in [5, 5.41) is 4.72. The molecule has 4 rings (SSSR count). The second kappa shape index (κ2) is 11.0. The zero-order valence-electron chi connectivity index (χ0n) is 18.5. The number of hydrogen-bond acceptors (Lipinski definition) is 6. The molecule has 0 unspecified atom stereocenters. The zero-order chi connectivity index (χ0) is 23.0. The Morgan fingerprint density at radius 2 is 1.64 bits per heavy atom. The van der Waals surface area contributed by atoms with E-state index in [1.54, 1.807) is 37.4 Å². The molecule has 1 saturated heterocycles. The van der Waals surface area contributed by atoms with E-state index in [0.29, 0.717) is 35.8 Å². The fraction of sp³-hybridized carbons (Fsp3) is 0.280. The number of anilines is 1. The van der Waals surface area contributed by atoms with Gasteiger partial charge in [0.05, 0.1) is 12.0 Å². The quantitative estimate of drug-likeness (QED) is 0.547. The lowest BCUT2D eigenvalue weighted by Gasteiger charge is -2.34. The van der Waals surface area contributed by atoms with Gasteiger partial charge in [0.2, 0.25) is 0 Å². The van der Waals surface area contributed by atoms with Crippen molar-refractivity contribution in [1.29, 1.82) is 0 Å². The summed E-state index contributed by atoms with van der Waals surface area (Å²) in [7, 11) is 1.64. The Hall–Kier alpha value is -3.36. The third kappa shape index (κ3) is 6.12. The number of ether oxygens (including phenoxy) is 2. The lowest BCUT2D eigenvalue weighted by atomic mass is 10.1. The maximum Gasteiger partial charge on any atom is 0.265 e. The number of amides is 2. The maximum atomic E-state index is 12.9. The average Bonchev–Trinajstić information content (AvgIpc) is 3.40. The lowest BCUT2D eigenvalue weighted by molar-refractivity contribution is 0.0620. The highest BCUT2D eigenvalue weighted by Gasteiger charge is 2.22. The van der Waals surface area contributed by atoms with Crippen molar-refractivity contribution in [3.63, 3.8) is 0 Å². The van der Waals surface area contributed by atoms with Crippen LogP contribution < -0.4 is 14.8 Å². The van der Waals surface area contributed by atoms with Crippen LogP contribution in [0.4, 0.5) is 5.69 Å². The van der Waals surface area contributed by atoms with Crippen LogP contribution in [0.15, 0.2) is 66.0 Å². The molecule has 0 radical (unpaired) electrons. The third-order valence-electron chi connectivity index (χ3n) is 5.53. The first kappa shape index (κ1) is 22.8. The number of rotatable bonds is 8. The molecule has 7 nitrogen and oxygen atoms in total. The number of nitrogens with zero attached hydrogens (tertiary/aromatic N) is 2. The van der Waals surface area contributed by atoms with Gasteiger partial charge in [-0.25, -0.2) is 0 Å². The number of nitrogens with one attached hydrogen (secondary N) is 1. The van der Waals surface area contributed by atoms with Crippen LogP contribution in [0, 0.1) is 0 Å². The molecule has 0 aliphatic carbocycles. The molecule has 33 heavy (non-hydrogen) atoms. The minimum atomic E-state index is -0.142. The maximum absolute atomic E-state index is 12.9. The van der Waals surface area contributed by atoms with Crippen molar-refractivity contribution >= 4 is 28.8 Å². The van der Waals surface area contributed by atoms with Gasteiger partial charge in [-0.2, -0.15) is 0 Å². The highest BCUT2D eigenvalue weighted by Crippen LogP contribution is 2.18. The van der Waals surface area contributed by atoms with E-state index >= 15 is 0 Å². The minimum Gasteiger partial charge on any atom is -0.497 e. The summed E-state index contributed by atoms with van der Waals surface area (Å²) in [5.74, 6) is 1.50. The molecule has 0 atom stereocenters. The van der Waals surface area contributed by atoms with Gasteiger partial charge in [0.15, 0.2) is 0 Å². The van der Waals surface area contributed by atoms with Crippen LogP contribution in [0.5, 0.6) is 11.5 Å². The molecular weight excluding hydrogens is 438 g/mol. The summed E-state index contributed by atoms with van der Waals surface area (Å²) in [6, 6.07) is 18.2. The predicted octanol–water partition coefficient (Wildman–Crippen LogP) is 3.85. The first-order chi connectivity index (χ1) is 16.1. The van der Waals surface area contributed by atoms with Crippen molar-refractivity contribution in [2.24, 2.45) is 0 Å². The Morgan fingerprint density at radius 1 is 0.939 bits per heavy atom. The van der Waals surface area contributed by atoms with E-state index in [-0.39, 0.29) is 11.8 Å². The molecule has 1 N–H and O–H groups in total. The second-order valence-corrected chi connectivity index (χ2v) is 8.61. The molecule has 1 aliphatic heterocycles. The number of thiophene rings is 1. The highest BCUT2D eigenvalue weighted by molar-refractivity contribution is 7.12. The van der Waals surface area contributed by atoms with Crippen molar-refractivity contribution in [3.05, 3.63) is 76.5 Å². The smallest absolute Gasteiger partial charge is 0.265 e. The Bertz CT molecular complexity index is 1040. The Morgan fingerprint density at radius 3 is 2.27 bits per heavy atom. The Balaban J connectivity index is 1.20. The van der Waals surface area contributed by atoms with E-state index < -0.39 is 0 Å². The molecule has 2 amide bonds. The molecule has 172 valence electrons. The van der Waals surface area contributed by atoms with Crippen LogP contribution >= 0.6 is 11.3 Å². The summed E-state index contributed by atoms with van der Waals surface area (Å²) >= 11 is 1.39. The SMILES string of the molecule is COc1ccc(OCCN2CCN(C(=O)c3ccc(NC(=O)c4cccs4)cc3)CC2)cc1. The molecule has 1 aromatic heterocycles. The normalized spacial score (nSPS) is 14.0. The van der Waals surface area contributed by atoms with Gasteiger partial charge in [-0.3, -0.25) is 14.5 Å². The van der Waals surface area contributed by atoms with Crippen molar-refractivity contribution in [3.8, 4) is 11.5 Å². The Labute approximate surface area is 197 Å². The van der Waals surface area contributed by atoms with Gasteiger partial charge in [-0.1, -0.05) is 6.07 Å². The molecule has 0 spiro atoms. The molecule has 0 bridgehead atoms. The average molecular weight is 466 g/mol. The molecule has 3 aromatic rings. The number of benzene rings is 2. The van der Waals surface area contributed by atoms with Crippen LogP contribution in [0.2, 0.25) is 0 Å². The number of carbonyl (C=O) groups is 2. The first-order valence-corrected chi connectivity index (χ1v) is 11.7. The van der Waals surface area contributed by atoms with Crippen molar-refractivity contribution < 1.29 is 19.1 Å². The lowest BCUT2D eigenvalue weighted by Crippen LogP contribution is -2.49. The van der Waals surface area contributed by atoms with E-state index in [9.17, 15) is 9.59 Å². The first-order valence-electron chi connectivity index (χ1n) is 10.9. The van der Waals surface area contributed by atoms with Crippen LogP contribution in [-0.2, 0) is 0 Å². The molecule has 1 aliphatic rings. The predicted molar refractivity (Wildman–Crippen MR) is 130 cm³/mol. The van der Waals surface area contributed by atoms with E-state index in [4.69, 9.17) is 9.47 Å². The van der Waals surface area contributed by atoms with Gasteiger partial charge in [0.25, 0.3) is 11.8 Å². The van der Waals surface area contributed by atoms with Gasteiger partial charge >= 0.3 is 0 Å². The van der Waals surface area contributed by atoms with Crippen molar-refractivity contribution in [2.75, 3.05) is 51.8 Å². The van der Waals surface area contributed by atoms with E-state index in [1.807, 2.05) is 40.6 Å². The fourth-order valence-electron chi connectivity index (χ4n) is 3.62. The van der Waals surface area contributed by atoms with Gasteiger partial charge in [0, 0.05) is 44.0 Å². The minimum absolute atomic E-state index is 0.0141. The van der Waals surface area contributed by atoms with E-state index in [2.05, 4.69) is 10.2 Å². The summed E-state index contributed by atoms with van der Waals surface area (Å²) in [6.45, 7) is 4.39. The third-order valence-corrected chi connectivity index (χ3v) is 6.40. The monoisotopic (exact) mass is 465 g/mol. The van der Waals surface area contributed by atoms with Gasteiger partial charge < -0.3 is 19.7 Å². The number of hydrogen-bond donors (Lipinski definition) is 1. The fourth-order valence-corrected chi connectivity index (χ4v) is 4.24. The summed E-state index contributed by atoms with van der Waals surface area (Å²) in [5.41, 5.74) is 1.30. The second-order valence-electron chi connectivity index (χ2n) is 7.67. The van der Waals surface area contributed by atoms with Gasteiger partial charge in [0.1, 0.15) is 18.1 Å². The Kier molecular flexibility index (Phi) is 7.59. The summed E-state index contributed by atoms with van der Waals surface area (Å²) in [6.07, 6.45) is 0. The van der Waals surface area contributed by atoms with Gasteiger partial charge in [-0.05, 0) is 60.0 Å². The number of methoxy groups -OCH3 is 1. The molecule has 8 heteroatoms. The molecule has 0 saturated carbocycles. The van der Waals surface area contributed by atoms with Gasteiger partial charge in [-0.15, -0.1) is 11.3 Å². The van der Waals surface area contributed by atoms with Crippen LogP contribution in [0.25, 0.3) is 0 Å². The standard InChI is InChI=1S/C25H27N3O4S/c1-31-21-8-10-22(11-9-21)32-17-16-27-12-14-28(15-13-27)25(30)19-4-6-20(7-5-19)26-24(29)23-3-2-18-33-23/h2-11,18H,12-17H2,1H3,(H,26,29). The largest absolute Gasteiger partial charge is 0.497 e. The van der Waals surface area contributed by atoms with Crippen molar-refractivity contribution in [2.45, 2.75) is 0 Å². The molecule has 1 fully saturated rings. The molecular formula is C25H27N3O4S. The summed E-state index contributed by atoms with van der Waals surface area (Å²) in [4.78, 5) is 29.9. The summed E-state index contributed by atoms with van der Waals surface area (Å²) < 4.78 is 11.0. The van der Waals surface area contributed by atoms with Crippen molar-refractivity contribution in [1.82, 2.24) is 9.80 Å². The number of carbonyl (C=O) groups excluding carboxylic acids is 2. The van der Waals surface area contributed by atoms with Crippen LogP contribution in [0.3, 0.4) is 0 Å². The number of piperazine rings is 1.